The van der Waals surface area contributed by atoms with E-state index in [1.807, 2.05) is 38.1 Å². The lowest BCUT2D eigenvalue weighted by Crippen LogP contribution is -1.79. The zero-order valence-electron chi connectivity index (χ0n) is 8.16. The third-order valence-corrected chi connectivity index (χ3v) is 1.48. The van der Waals surface area contributed by atoms with E-state index in [1.54, 1.807) is 7.11 Å². The number of allylic oxidation sites excluding steroid dienone is 1. The van der Waals surface area contributed by atoms with Crippen LogP contribution in [0.1, 0.15) is 13.8 Å². The summed E-state index contributed by atoms with van der Waals surface area (Å²) in [6.45, 7) is 3.93. The molecule has 2 heteroatoms. The van der Waals surface area contributed by atoms with Crippen LogP contribution in [0.4, 0.5) is 5.69 Å². The van der Waals surface area contributed by atoms with Crippen LogP contribution in [0.2, 0.25) is 0 Å². The summed E-state index contributed by atoms with van der Waals surface area (Å²) in [5.41, 5.74) is 1.96. The number of hydrogen-bond donors (Lipinski definition) is 0. The maximum Gasteiger partial charge on any atom is 0.119 e. The minimum atomic E-state index is 0.844. The molecule has 2 nitrogen and oxygen atoms in total. The molecule has 0 aliphatic rings. The van der Waals surface area contributed by atoms with E-state index < -0.39 is 0 Å². The third kappa shape index (κ3) is 3.14. The van der Waals surface area contributed by atoms with Crippen molar-refractivity contribution >= 4 is 11.6 Å². The Morgan fingerprint density at radius 2 is 1.85 bits per heavy atom. The van der Waals surface area contributed by atoms with Crippen LogP contribution in [0.15, 0.2) is 34.8 Å². The quantitative estimate of drug-likeness (QED) is 0.633. The Balaban J connectivity index is 2.87. The van der Waals surface area contributed by atoms with E-state index in [-0.39, 0.29) is 0 Å². The first kappa shape index (κ1) is 9.56. The van der Waals surface area contributed by atoms with Gasteiger partial charge in [0, 0.05) is 0 Å². The van der Waals surface area contributed by atoms with Crippen LogP contribution in [0.5, 0.6) is 5.75 Å². The largest absolute Gasteiger partial charge is 0.497 e. The van der Waals surface area contributed by atoms with Crippen molar-refractivity contribution in [2.24, 2.45) is 4.99 Å². The lowest BCUT2D eigenvalue weighted by atomic mass is 10.3. The van der Waals surface area contributed by atoms with Crippen molar-refractivity contribution in [1.29, 1.82) is 0 Å². The first-order valence-electron chi connectivity index (χ1n) is 4.13. The number of methoxy groups -OCH3 is 1. The van der Waals surface area contributed by atoms with Crippen LogP contribution in [0.25, 0.3) is 0 Å². The van der Waals surface area contributed by atoms with Crippen molar-refractivity contribution in [1.82, 2.24) is 0 Å². The maximum atomic E-state index is 5.03. The van der Waals surface area contributed by atoms with Gasteiger partial charge in [0.15, 0.2) is 0 Å². The SMILES string of the molecule is COc1ccc(N=C=C(C)C)cc1. The highest BCUT2D eigenvalue weighted by atomic mass is 16.5. The molecule has 0 N–H and O–H groups in total. The number of rotatable bonds is 2. The monoisotopic (exact) mass is 175 g/mol. The van der Waals surface area contributed by atoms with Crippen LogP contribution >= 0.6 is 0 Å². The molecule has 0 aromatic heterocycles. The number of nitrogens with zero attached hydrogens (tertiary/aromatic N) is 1. The van der Waals surface area contributed by atoms with Gasteiger partial charge < -0.3 is 4.74 Å². The van der Waals surface area contributed by atoms with Gasteiger partial charge in [-0.05, 0) is 49.6 Å². The first-order valence-corrected chi connectivity index (χ1v) is 4.13. The second kappa shape index (κ2) is 4.48. The van der Waals surface area contributed by atoms with Gasteiger partial charge in [0.05, 0.1) is 12.8 Å². The zero-order valence-corrected chi connectivity index (χ0v) is 8.16. The predicted molar refractivity (Wildman–Crippen MR) is 55.0 cm³/mol. The van der Waals surface area contributed by atoms with Crippen LogP contribution in [-0.2, 0) is 0 Å². The second-order valence-electron chi connectivity index (χ2n) is 2.92. The summed E-state index contributed by atoms with van der Waals surface area (Å²) in [6.07, 6.45) is 0. The van der Waals surface area contributed by atoms with E-state index in [0.717, 1.165) is 17.0 Å². The molecule has 0 amide bonds. The molecule has 1 aromatic rings. The molecule has 0 saturated carbocycles. The van der Waals surface area contributed by atoms with E-state index in [0.29, 0.717) is 0 Å². The van der Waals surface area contributed by atoms with Crippen molar-refractivity contribution < 1.29 is 4.74 Å². The Morgan fingerprint density at radius 3 is 2.31 bits per heavy atom. The highest BCUT2D eigenvalue weighted by Gasteiger charge is 1.89. The van der Waals surface area contributed by atoms with Crippen molar-refractivity contribution in [3.05, 3.63) is 29.8 Å². The molecule has 68 valence electrons. The van der Waals surface area contributed by atoms with Gasteiger partial charge in [-0.25, -0.2) is 4.99 Å². The average molecular weight is 175 g/mol. The highest BCUT2D eigenvalue weighted by molar-refractivity contribution is 5.62. The van der Waals surface area contributed by atoms with Crippen molar-refractivity contribution in [3.63, 3.8) is 0 Å². The van der Waals surface area contributed by atoms with E-state index in [2.05, 4.69) is 10.9 Å². The summed E-state index contributed by atoms with van der Waals surface area (Å²) in [5.74, 6) is 3.74. The molecule has 0 fully saturated rings. The van der Waals surface area contributed by atoms with Gasteiger partial charge >= 0.3 is 0 Å². The summed E-state index contributed by atoms with van der Waals surface area (Å²) in [4.78, 5) is 4.14. The van der Waals surface area contributed by atoms with Gasteiger partial charge in [-0.2, -0.15) is 0 Å². The maximum absolute atomic E-state index is 5.03. The summed E-state index contributed by atoms with van der Waals surface area (Å²) < 4.78 is 5.03. The van der Waals surface area contributed by atoms with Crippen molar-refractivity contribution in [2.75, 3.05) is 7.11 Å². The average Bonchev–Trinajstić information content (AvgIpc) is 2.15. The lowest BCUT2D eigenvalue weighted by Gasteiger charge is -1.97. The number of ether oxygens (including phenoxy) is 1. The fourth-order valence-electron chi connectivity index (χ4n) is 0.833. The molecular formula is C11H13NO. The summed E-state index contributed by atoms with van der Waals surface area (Å²) in [6, 6.07) is 7.56. The molecule has 0 bridgehead atoms. The fraction of sp³-hybridized carbons (Fsp3) is 0.273. The number of aliphatic imine (C=N–C) groups is 1. The normalized spacial score (nSPS) is 8.85. The minimum Gasteiger partial charge on any atom is -0.497 e. The molecule has 0 heterocycles. The van der Waals surface area contributed by atoms with E-state index in [1.165, 1.54) is 0 Å². The Bertz CT molecular complexity index is 328. The Labute approximate surface area is 78.6 Å². The predicted octanol–water partition coefficient (Wildman–Crippen LogP) is 2.96. The highest BCUT2D eigenvalue weighted by Crippen LogP contribution is 2.16. The van der Waals surface area contributed by atoms with Crippen LogP contribution in [-0.4, -0.2) is 13.0 Å². The van der Waals surface area contributed by atoms with Gasteiger partial charge in [0.1, 0.15) is 5.75 Å². The smallest absolute Gasteiger partial charge is 0.119 e. The minimum absolute atomic E-state index is 0.844. The topological polar surface area (TPSA) is 21.6 Å². The van der Waals surface area contributed by atoms with Gasteiger partial charge in [-0.15, -0.1) is 0 Å². The van der Waals surface area contributed by atoms with Crippen molar-refractivity contribution in [2.45, 2.75) is 13.8 Å². The molecule has 0 saturated heterocycles. The molecule has 1 rings (SSSR count). The standard InChI is InChI=1S/C11H13NO/c1-9(2)8-12-10-4-6-11(13-3)7-5-10/h4-7H,1-3H3. The molecule has 13 heavy (non-hydrogen) atoms. The number of benzene rings is 1. The van der Waals surface area contributed by atoms with Crippen LogP contribution in [0, 0.1) is 0 Å². The molecule has 0 unspecified atom stereocenters. The van der Waals surface area contributed by atoms with E-state index >= 15 is 0 Å². The Hall–Kier alpha value is -1.53. The Morgan fingerprint density at radius 1 is 1.23 bits per heavy atom. The zero-order chi connectivity index (χ0) is 9.68. The fourth-order valence-corrected chi connectivity index (χ4v) is 0.833. The van der Waals surface area contributed by atoms with E-state index in [9.17, 15) is 0 Å². The second-order valence-corrected chi connectivity index (χ2v) is 2.92. The molecule has 0 aliphatic carbocycles. The van der Waals surface area contributed by atoms with Gasteiger partial charge in [0.25, 0.3) is 0 Å². The van der Waals surface area contributed by atoms with Crippen LogP contribution < -0.4 is 4.74 Å². The van der Waals surface area contributed by atoms with Crippen molar-refractivity contribution in [3.8, 4) is 5.75 Å². The summed E-state index contributed by atoms with van der Waals surface area (Å²) in [5, 5.41) is 0. The Kier molecular flexibility index (Phi) is 3.30. The molecular weight excluding hydrogens is 162 g/mol. The summed E-state index contributed by atoms with van der Waals surface area (Å²) >= 11 is 0. The van der Waals surface area contributed by atoms with E-state index in [4.69, 9.17) is 4.74 Å². The first-order chi connectivity index (χ1) is 6.22. The molecule has 0 spiro atoms. The molecule has 0 atom stereocenters. The molecule has 1 aromatic carbocycles. The molecule has 0 aliphatic heterocycles. The van der Waals surface area contributed by atoms with Crippen LogP contribution in [0.3, 0.4) is 0 Å². The third-order valence-electron chi connectivity index (χ3n) is 1.48. The molecule has 0 radical (unpaired) electrons. The summed E-state index contributed by atoms with van der Waals surface area (Å²) in [7, 11) is 1.65. The number of hydrogen-bond acceptors (Lipinski definition) is 2. The van der Waals surface area contributed by atoms with Gasteiger partial charge in [0.2, 0.25) is 0 Å². The van der Waals surface area contributed by atoms with Gasteiger partial charge in [-0.1, -0.05) is 0 Å². The van der Waals surface area contributed by atoms with Gasteiger partial charge in [-0.3, -0.25) is 0 Å². The lowest BCUT2D eigenvalue weighted by molar-refractivity contribution is 0.415.